The second kappa shape index (κ2) is 12.0. The Kier molecular flexibility index (Phi) is 6.91. The van der Waals surface area contributed by atoms with E-state index in [4.69, 9.17) is 19.4 Å². The van der Waals surface area contributed by atoms with E-state index in [1.807, 2.05) is 24.3 Å². The zero-order chi connectivity index (χ0) is 33.7. The molecule has 2 aromatic heterocycles. The van der Waals surface area contributed by atoms with Gasteiger partial charge in [0.25, 0.3) is 0 Å². The number of hydrogen-bond acceptors (Lipinski definition) is 4. The van der Waals surface area contributed by atoms with E-state index in [0.29, 0.717) is 17.5 Å². The van der Waals surface area contributed by atoms with E-state index >= 15 is 0 Å². The average Bonchev–Trinajstić information content (AvgIpc) is 3.60. The zero-order valence-corrected chi connectivity index (χ0v) is 27.8. The minimum atomic E-state index is 0.633. The van der Waals surface area contributed by atoms with Crippen molar-refractivity contribution in [2.24, 2.45) is 0 Å². The van der Waals surface area contributed by atoms with Crippen LogP contribution in [0.2, 0.25) is 0 Å². The number of furan rings is 1. The third kappa shape index (κ3) is 5.20. The Labute approximate surface area is 295 Å². The monoisotopic (exact) mass is 653 g/mol. The van der Waals surface area contributed by atoms with Crippen LogP contribution < -0.4 is 0 Å². The average molecular weight is 654 g/mol. The zero-order valence-electron chi connectivity index (χ0n) is 27.8. The number of rotatable bonds is 5. The summed E-state index contributed by atoms with van der Waals surface area (Å²) < 4.78 is 6.31. The van der Waals surface area contributed by atoms with E-state index in [0.717, 1.165) is 84.5 Å². The van der Waals surface area contributed by atoms with Crippen LogP contribution in [0.4, 0.5) is 0 Å². The van der Waals surface area contributed by atoms with Gasteiger partial charge in [-0.1, -0.05) is 127 Å². The molecule has 0 saturated carbocycles. The molecule has 10 rings (SSSR count). The summed E-state index contributed by atoms with van der Waals surface area (Å²) in [6, 6.07) is 53.0. The summed E-state index contributed by atoms with van der Waals surface area (Å²) in [6.45, 7) is 0. The lowest BCUT2D eigenvalue weighted by Crippen LogP contribution is -2.02. The highest BCUT2D eigenvalue weighted by Gasteiger charge is 2.19. The summed E-state index contributed by atoms with van der Waals surface area (Å²) in [7, 11) is 0. The summed E-state index contributed by atoms with van der Waals surface area (Å²) in [6.07, 6.45) is 6.49. The van der Waals surface area contributed by atoms with Crippen LogP contribution in [-0.2, 0) is 6.42 Å². The predicted molar refractivity (Wildman–Crippen MR) is 209 cm³/mol. The maximum atomic E-state index is 6.31. The van der Waals surface area contributed by atoms with E-state index in [1.54, 1.807) is 0 Å². The van der Waals surface area contributed by atoms with Crippen molar-refractivity contribution in [3.63, 3.8) is 0 Å². The molecule has 0 N–H and O–H groups in total. The van der Waals surface area contributed by atoms with Crippen molar-refractivity contribution in [3.8, 4) is 56.4 Å². The van der Waals surface area contributed by atoms with Crippen LogP contribution >= 0.6 is 0 Å². The molecule has 0 aliphatic heterocycles. The molecule has 0 fully saturated rings. The highest BCUT2D eigenvalue weighted by Crippen LogP contribution is 2.41. The molecular weight excluding hydrogens is 623 g/mol. The maximum Gasteiger partial charge on any atom is 0.164 e. The largest absolute Gasteiger partial charge is 0.456 e. The second-order valence-electron chi connectivity index (χ2n) is 13.1. The highest BCUT2D eigenvalue weighted by atomic mass is 16.3. The molecule has 7 aromatic carbocycles. The van der Waals surface area contributed by atoms with Crippen LogP contribution in [-0.4, -0.2) is 15.0 Å². The van der Waals surface area contributed by atoms with Crippen LogP contribution in [0.1, 0.15) is 17.5 Å². The van der Waals surface area contributed by atoms with Gasteiger partial charge in [-0.05, 0) is 93.4 Å². The normalized spacial score (nSPS) is 12.5. The van der Waals surface area contributed by atoms with Gasteiger partial charge in [0.2, 0.25) is 0 Å². The Balaban J connectivity index is 1.21. The number of hydrogen-bond donors (Lipinski definition) is 0. The number of fused-ring (bicyclic) bond motifs is 5. The molecule has 0 radical (unpaired) electrons. The Bertz CT molecular complexity index is 2810. The molecule has 2 heterocycles. The van der Waals surface area contributed by atoms with Crippen molar-refractivity contribution >= 4 is 38.8 Å². The Hall–Kier alpha value is -6.65. The number of aromatic nitrogens is 3. The first-order chi connectivity index (χ1) is 25.2. The molecule has 0 unspecified atom stereocenters. The third-order valence-electron chi connectivity index (χ3n) is 9.95. The van der Waals surface area contributed by atoms with Gasteiger partial charge in [-0.2, -0.15) is 0 Å². The van der Waals surface area contributed by atoms with Gasteiger partial charge in [0.1, 0.15) is 11.2 Å². The first kappa shape index (κ1) is 29.3. The van der Waals surface area contributed by atoms with Gasteiger partial charge < -0.3 is 4.42 Å². The minimum absolute atomic E-state index is 0.633. The fraction of sp³-hybridized carbons (Fsp3) is 0.0426. The van der Waals surface area contributed by atoms with Crippen molar-refractivity contribution in [1.82, 2.24) is 15.0 Å². The maximum absolute atomic E-state index is 6.31. The van der Waals surface area contributed by atoms with E-state index in [-0.39, 0.29) is 0 Å². The van der Waals surface area contributed by atoms with Crippen LogP contribution in [0, 0.1) is 0 Å². The van der Waals surface area contributed by atoms with Crippen LogP contribution in [0.15, 0.2) is 162 Å². The SMILES string of the molecule is C1=Cc2ccc(-c3nc(-c4cccc(-c5ccccc5)c4)nc(-c4cc(-c5cccc6oc7ccccc7c56)c5ccccc5c4)n3)cc2CC1. The molecule has 51 heavy (non-hydrogen) atoms. The Morgan fingerprint density at radius 2 is 1.14 bits per heavy atom. The number of aryl methyl sites for hydroxylation is 1. The number of allylic oxidation sites excluding steroid dienone is 1. The summed E-state index contributed by atoms with van der Waals surface area (Å²) in [5.74, 6) is 1.94. The standard InChI is InChI=1S/C47H31N3O/c1-2-12-30(13-3-1)33-17-10-18-35(26-33)45-48-46(36-25-24-31-14-4-5-15-32(31)27-36)50-47(49-45)37-28-34-16-6-7-19-38(34)41(29-37)39-21-11-23-43-44(39)40-20-8-9-22-42(40)51-43/h1-4,6-14,16-29H,5,15H2. The topological polar surface area (TPSA) is 51.8 Å². The van der Waals surface area contributed by atoms with Gasteiger partial charge in [0.05, 0.1) is 0 Å². The summed E-state index contributed by atoms with van der Waals surface area (Å²) in [4.78, 5) is 15.6. The smallest absolute Gasteiger partial charge is 0.164 e. The molecule has 0 atom stereocenters. The van der Waals surface area contributed by atoms with Crippen LogP contribution in [0.25, 0.3) is 95.2 Å². The fourth-order valence-corrected chi connectivity index (χ4v) is 7.47. The lowest BCUT2D eigenvalue weighted by molar-refractivity contribution is 0.669. The van der Waals surface area contributed by atoms with Crippen molar-refractivity contribution in [1.29, 1.82) is 0 Å². The van der Waals surface area contributed by atoms with E-state index in [1.165, 1.54) is 11.1 Å². The quantitative estimate of drug-likeness (QED) is 0.185. The van der Waals surface area contributed by atoms with Crippen molar-refractivity contribution in [3.05, 3.63) is 169 Å². The van der Waals surface area contributed by atoms with Gasteiger partial charge in [0.15, 0.2) is 17.5 Å². The van der Waals surface area contributed by atoms with Gasteiger partial charge in [-0.25, -0.2) is 15.0 Å². The van der Waals surface area contributed by atoms with Crippen molar-refractivity contribution in [2.75, 3.05) is 0 Å². The molecule has 0 spiro atoms. The summed E-state index contributed by atoms with van der Waals surface area (Å²) in [5.41, 5.74) is 11.7. The highest BCUT2D eigenvalue weighted by molar-refractivity contribution is 6.15. The lowest BCUT2D eigenvalue weighted by Gasteiger charge is -2.14. The minimum Gasteiger partial charge on any atom is -0.456 e. The second-order valence-corrected chi connectivity index (χ2v) is 13.1. The molecule has 4 heteroatoms. The first-order valence-electron chi connectivity index (χ1n) is 17.4. The third-order valence-corrected chi connectivity index (χ3v) is 9.95. The van der Waals surface area contributed by atoms with Crippen molar-refractivity contribution in [2.45, 2.75) is 12.8 Å². The molecule has 0 saturated heterocycles. The number of nitrogens with zero attached hydrogens (tertiary/aromatic N) is 3. The molecule has 9 aromatic rings. The van der Waals surface area contributed by atoms with Crippen LogP contribution in [0.3, 0.4) is 0 Å². The molecule has 4 nitrogen and oxygen atoms in total. The van der Waals surface area contributed by atoms with Gasteiger partial charge in [-0.15, -0.1) is 0 Å². The van der Waals surface area contributed by atoms with E-state index in [9.17, 15) is 0 Å². The van der Waals surface area contributed by atoms with Gasteiger partial charge >= 0.3 is 0 Å². The van der Waals surface area contributed by atoms with Crippen molar-refractivity contribution < 1.29 is 4.42 Å². The van der Waals surface area contributed by atoms with Crippen LogP contribution in [0.5, 0.6) is 0 Å². The molecule has 240 valence electrons. The molecule has 0 bridgehead atoms. The molecule has 0 amide bonds. The molecule has 1 aliphatic rings. The number of benzene rings is 7. The van der Waals surface area contributed by atoms with Gasteiger partial charge in [-0.3, -0.25) is 0 Å². The number of para-hydroxylation sites is 1. The van der Waals surface area contributed by atoms with Gasteiger partial charge in [0, 0.05) is 27.5 Å². The fourth-order valence-electron chi connectivity index (χ4n) is 7.47. The Morgan fingerprint density at radius 3 is 2.02 bits per heavy atom. The molecular formula is C47H31N3O. The summed E-state index contributed by atoms with van der Waals surface area (Å²) >= 11 is 0. The molecule has 1 aliphatic carbocycles. The Morgan fingerprint density at radius 1 is 0.451 bits per heavy atom. The summed E-state index contributed by atoms with van der Waals surface area (Å²) in [5, 5.41) is 4.48. The first-order valence-corrected chi connectivity index (χ1v) is 17.4. The lowest BCUT2D eigenvalue weighted by atomic mass is 9.92. The predicted octanol–water partition coefficient (Wildman–Crippen LogP) is 12.2. The van der Waals surface area contributed by atoms with E-state index in [2.05, 4.69) is 140 Å². The van der Waals surface area contributed by atoms with E-state index < -0.39 is 0 Å².